The van der Waals surface area contributed by atoms with Crippen molar-refractivity contribution < 1.29 is 0 Å². The Hall–Kier alpha value is -2.89. The molecule has 2 heterocycles. The molecule has 3 rings (SSSR count). The van der Waals surface area contributed by atoms with Crippen molar-refractivity contribution in [3.8, 4) is 5.95 Å². The predicted molar refractivity (Wildman–Crippen MR) is 90.0 cm³/mol. The second kappa shape index (κ2) is 6.08. The first kappa shape index (κ1) is 15.0. The summed E-state index contributed by atoms with van der Waals surface area (Å²) in [5.41, 5.74) is 3.72. The van der Waals surface area contributed by atoms with E-state index in [1.807, 2.05) is 19.1 Å². The van der Waals surface area contributed by atoms with E-state index >= 15 is 0 Å². The van der Waals surface area contributed by atoms with Crippen LogP contribution in [0.4, 0.5) is 5.82 Å². The van der Waals surface area contributed by atoms with Gasteiger partial charge in [-0.1, -0.05) is 29.8 Å². The summed E-state index contributed by atoms with van der Waals surface area (Å²) in [5.74, 6) is 1.20. The summed E-state index contributed by atoms with van der Waals surface area (Å²) >= 11 is 0. The quantitative estimate of drug-likeness (QED) is 0.776. The Bertz CT molecular complexity index is 894. The lowest BCUT2D eigenvalue weighted by atomic mass is 10.1. The number of hydrogen-bond donors (Lipinski definition) is 2. The zero-order chi connectivity index (χ0) is 16.4. The Morgan fingerprint density at radius 1 is 1.13 bits per heavy atom. The molecule has 0 amide bonds. The van der Waals surface area contributed by atoms with E-state index in [0.29, 0.717) is 18.2 Å². The number of hydrogen-bond acceptors (Lipinski definition) is 4. The molecule has 118 valence electrons. The molecule has 2 N–H and O–H groups in total. The number of aryl methyl sites for hydroxylation is 3. The van der Waals surface area contributed by atoms with Crippen molar-refractivity contribution in [2.45, 2.75) is 27.3 Å². The number of benzene rings is 1. The van der Waals surface area contributed by atoms with E-state index < -0.39 is 0 Å². The zero-order valence-corrected chi connectivity index (χ0v) is 13.4. The molecular weight excluding hydrogens is 290 g/mol. The fourth-order valence-corrected chi connectivity index (χ4v) is 2.47. The summed E-state index contributed by atoms with van der Waals surface area (Å²) in [6.45, 7) is 6.43. The molecule has 3 aromatic rings. The highest BCUT2D eigenvalue weighted by Gasteiger charge is 2.10. The molecule has 0 saturated heterocycles. The van der Waals surface area contributed by atoms with Gasteiger partial charge in [0.2, 0.25) is 5.95 Å². The van der Waals surface area contributed by atoms with Gasteiger partial charge < -0.3 is 5.32 Å². The molecule has 23 heavy (non-hydrogen) atoms. The number of aromatic amines is 1. The molecule has 0 atom stereocenters. The lowest BCUT2D eigenvalue weighted by Crippen LogP contribution is -2.16. The zero-order valence-electron chi connectivity index (χ0n) is 13.4. The van der Waals surface area contributed by atoms with Gasteiger partial charge in [-0.15, -0.1) is 0 Å². The second-order valence-corrected chi connectivity index (χ2v) is 5.64. The van der Waals surface area contributed by atoms with Crippen LogP contribution in [0.25, 0.3) is 5.95 Å². The van der Waals surface area contributed by atoms with Crippen LogP contribution in [0.3, 0.4) is 0 Å². The van der Waals surface area contributed by atoms with Gasteiger partial charge in [0.25, 0.3) is 5.56 Å². The molecule has 0 aliphatic heterocycles. The average Bonchev–Trinajstić information content (AvgIpc) is 2.85. The standard InChI is InChI=1S/C17H19N5O/c1-11-5-4-6-14(7-11)10-18-15-8-13(3)21-22(15)17-19-12(2)9-16(23)20-17/h4-9,18H,10H2,1-3H3,(H,19,20,23). The topological polar surface area (TPSA) is 75.6 Å². The Labute approximate surface area is 134 Å². The number of nitrogens with one attached hydrogen (secondary N) is 2. The first-order chi connectivity index (χ1) is 11.0. The van der Waals surface area contributed by atoms with Gasteiger partial charge in [0.1, 0.15) is 5.82 Å². The van der Waals surface area contributed by atoms with Crippen molar-refractivity contribution in [1.82, 2.24) is 19.7 Å². The van der Waals surface area contributed by atoms with E-state index in [4.69, 9.17) is 0 Å². The van der Waals surface area contributed by atoms with E-state index in [0.717, 1.165) is 11.5 Å². The maximum absolute atomic E-state index is 11.7. The maximum Gasteiger partial charge on any atom is 0.252 e. The average molecular weight is 309 g/mol. The summed E-state index contributed by atoms with van der Waals surface area (Å²) in [5, 5.41) is 7.77. The summed E-state index contributed by atoms with van der Waals surface area (Å²) < 4.78 is 1.62. The predicted octanol–water partition coefficient (Wildman–Crippen LogP) is 2.49. The fraction of sp³-hybridized carbons (Fsp3) is 0.235. The molecule has 6 nitrogen and oxygen atoms in total. The van der Waals surface area contributed by atoms with Crippen molar-refractivity contribution in [2.75, 3.05) is 5.32 Å². The van der Waals surface area contributed by atoms with Gasteiger partial charge in [-0.25, -0.2) is 4.98 Å². The molecule has 0 saturated carbocycles. The van der Waals surface area contributed by atoms with Gasteiger partial charge >= 0.3 is 0 Å². The lowest BCUT2D eigenvalue weighted by Gasteiger charge is -2.09. The van der Waals surface area contributed by atoms with Crippen molar-refractivity contribution in [3.05, 3.63) is 69.3 Å². The highest BCUT2D eigenvalue weighted by molar-refractivity contribution is 5.42. The van der Waals surface area contributed by atoms with Gasteiger partial charge in [0.05, 0.1) is 5.69 Å². The fourth-order valence-electron chi connectivity index (χ4n) is 2.47. The normalized spacial score (nSPS) is 10.7. The van der Waals surface area contributed by atoms with E-state index in [9.17, 15) is 4.79 Å². The molecule has 0 unspecified atom stereocenters. The Morgan fingerprint density at radius 3 is 2.70 bits per heavy atom. The van der Waals surface area contributed by atoms with Crippen molar-refractivity contribution >= 4 is 5.82 Å². The minimum absolute atomic E-state index is 0.190. The molecule has 0 fully saturated rings. The molecule has 0 aliphatic rings. The van der Waals surface area contributed by atoms with Crippen molar-refractivity contribution in [2.24, 2.45) is 0 Å². The molecule has 6 heteroatoms. The largest absolute Gasteiger partial charge is 0.366 e. The molecule has 0 spiro atoms. The number of rotatable bonds is 4. The Morgan fingerprint density at radius 2 is 1.96 bits per heavy atom. The molecule has 0 aliphatic carbocycles. The highest BCUT2D eigenvalue weighted by atomic mass is 16.1. The number of H-pyrrole nitrogens is 1. The van der Waals surface area contributed by atoms with Crippen LogP contribution < -0.4 is 10.9 Å². The van der Waals surface area contributed by atoms with E-state index in [1.54, 1.807) is 11.6 Å². The number of nitrogens with zero attached hydrogens (tertiary/aromatic N) is 3. The van der Waals surface area contributed by atoms with E-state index in [2.05, 4.69) is 45.5 Å². The summed E-state index contributed by atoms with van der Waals surface area (Å²) in [6.07, 6.45) is 0. The van der Waals surface area contributed by atoms with Crippen LogP contribution in [-0.4, -0.2) is 19.7 Å². The van der Waals surface area contributed by atoms with Gasteiger partial charge in [-0.05, 0) is 26.3 Å². The van der Waals surface area contributed by atoms with E-state index in [1.165, 1.54) is 17.2 Å². The van der Waals surface area contributed by atoms with Crippen LogP contribution in [-0.2, 0) is 6.54 Å². The third-order valence-electron chi connectivity index (χ3n) is 3.45. The Balaban J connectivity index is 1.90. The van der Waals surface area contributed by atoms with Gasteiger partial charge in [0.15, 0.2) is 0 Å². The first-order valence-electron chi connectivity index (χ1n) is 7.46. The van der Waals surface area contributed by atoms with Crippen LogP contribution in [0.5, 0.6) is 0 Å². The molecule has 0 bridgehead atoms. The minimum atomic E-state index is -0.190. The molecular formula is C17H19N5O. The highest BCUT2D eigenvalue weighted by Crippen LogP contribution is 2.15. The van der Waals surface area contributed by atoms with Crippen molar-refractivity contribution in [3.63, 3.8) is 0 Å². The van der Waals surface area contributed by atoms with Crippen LogP contribution in [0, 0.1) is 20.8 Å². The SMILES string of the molecule is Cc1cccc(CNc2cc(C)nn2-c2nc(C)cc(=O)[nH]2)c1. The van der Waals surface area contributed by atoms with Gasteiger partial charge in [-0.3, -0.25) is 9.78 Å². The third-order valence-corrected chi connectivity index (χ3v) is 3.45. The number of aromatic nitrogens is 4. The third kappa shape index (κ3) is 3.48. The summed E-state index contributed by atoms with van der Waals surface area (Å²) in [7, 11) is 0. The molecule has 0 radical (unpaired) electrons. The molecule has 2 aromatic heterocycles. The summed E-state index contributed by atoms with van der Waals surface area (Å²) in [6, 6.07) is 11.7. The molecule has 1 aromatic carbocycles. The van der Waals surface area contributed by atoms with Crippen LogP contribution in [0.1, 0.15) is 22.5 Å². The smallest absolute Gasteiger partial charge is 0.252 e. The summed E-state index contributed by atoms with van der Waals surface area (Å²) in [4.78, 5) is 18.7. The van der Waals surface area contributed by atoms with Gasteiger partial charge in [0, 0.05) is 24.4 Å². The van der Waals surface area contributed by atoms with Crippen molar-refractivity contribution in [1.29, 1.82) is 0 Å². The second-order valence-electron chi connectivity index (χ2n) is 5.64. The monoisotopic (exact) mass is 309 g/mol. The van der Waals surface area contributed by atoms with Crippen LogP contribution >= 0.6 is 0 Å². The Kier molecular flexibility index (Phi) is 3.97. The van der Waals surface area contributed by atoms with Gasteiger partial charge in [-0.2, -0.15) is 9.78 Å². The first-order valence-corrected chi connectivity index (χ1v) is 7.46. The number of anilines is 1. The maximum atomic E-state index is 11.7. The van der Waals surface area contributed by atoms with E-state index in [-0.39, 0.29) is 5.56 Å². The minimum Gasteiger partial charge on any atom is -0.366 e. The van der Waals surface area contributed by atoms with Crippen LogP contribution in [0.15, 0.2) is 41.2 Å². The van der Waals surface area contributed by atoms with Crippen LogP contribution in [0.2, 0.25) is 0 Å². The lowest BCUT2D eigenvalue weighted by molar-refractivity contribution is 0.784.